The number of thiocarbonyl (C=S) groups is 1. The van der Waals surface area contributed by atoms with Gasteiger partial charge in [0, 0.05) is 12.2 Å². The van der Waals surface area contributed by atoms with Crippen molar-refractivity contribution in [3.63, 3.8) is 0 Å². The summed E-state index contributed by atoms with van der Waals surface area (Å²) in [4.78, 5) is 32.7. The summed E-state index contributed by atoms with van der Waals surface area (Å²) in [7, 11) is 0. The molecule has 0 unspecified atom stereocenters. The lowest BCUT2D eigenvalue weighted by Crippen LogP contribution is -2.34. The average Bonchev–Trinajstić information content (AvgIpc) is 3.00. The van der Waals surface area contributed by atoms with Gasteiger partial charge in [0.05, 0.1) is 9.93 Å². The summed E-state index contributed by atoms with van der Waals surface area (Å²) in [6.45, 7) is 5.62. The third-order valence-electron chi connectivity index (χ3n) is 4.71. The molecule has 0 N–H and O–H groups in total. The Balaban J connectivity index is 1.92. The van der Waals surface area contributed by atoms with Crippen LogP contribution in [0.3, 0.4) is 0 Å². The number of carbonyl (C=O) groups is 1. The van der Waals surface area contributed by atoms with Crippen LogP contribution in [0, 0.1) is 6.92 Å². The van der Waals surface area contributed by atoms with Crippen LogP contribution in [0.4, 0.5) is 0 Å². The molecule has 0 aliphatic carbocycles. The van der Waals surface area contributed by atoms with Crippen LogP contribution < -0.4 is 10.3 Å². The third-order valence-corrected chi connectivity index (χ3v) is 6.35. The standard InChI is InChI=1S/C22H18ClN3O3S2/c1-12(2)26-21(28)17(31-22(26)30)11-14-19(29-16-9-5-4-8-15(16)23)24-18-13(3)7-6-10-25(18)20(14)27/h4-12H,1-3H3. The quantitative estimate of drug-likeness (QED) is 0.391. The first-order valence-corrected chi connectivity index (χ1v) is 11.1. The highest BCUT2D eigenvalue weighted by atomic mass is 35.5. The first kappa shape index (κ1) is 21.5. The van der Waals surface area contributed by atoms with Crippen molar-refractivity contribution in [1.82, 2.24) is 14.3 Å². The first-order chi connectivity index (χ1) is 14.8. The highest BCUT2D eigenvalue weighted by Gasteiger charge is 2.34. The Labute approximate surface area is 193 Å². The molecule has 9 heteroatoms. The minimum Gasteiger partial charge on any atom is -0.437 e. The van der Waals surface area contributed by atoms with Crippen molar-refractivity contribution in [2.24, 2.45) is 0 Å². The zero-order valence-electron chi connectivity index (χ0n) is 17.0. The van der Waals surface area contributed by atoms with E-state index in [-0.39, 0.29) is 29.0 Å². The maximum atomic E-state index is 13.4. The van der Waals surface area contributed by atoms with E-state index in [1.165, 1.54) is 15.4 Å². The number of hydrogen-bond donors (Lipinski definition) is 0. The number of aryl methyl sites for hydroxylation is 1. The Kier molecular flexibility index (Phi) is 5.88. The van der Waals surface area contributed by atoms with Crippen LogP contribution in [0.25, 0.3) is 11.7 Å². The molecule has 1 aliphatic rings. The van der Waals surface area contributed by atoms with Gasteiger partial charge in [-0.05, 0) is 50.6 Å². The predicted octanol–water partition coefficient (Wildman–Crippen LogP) is 5.06. The lowest BCUT2D eigenvalue weighted by atomic mass is 10.2. The van der Waals surface area contributed by atoms with Crippen molar-refractivity contribution in [3.05, 3.63) is 74.0 Å². The Morgan fingerprint density at radius 2 is 1.94 bits per heavy atom. The summed E-state index contributed by atoms with van der Waals surface area (Å²) >= 11 is 12.7. The number of halogens is 1. The van der Waals surface area contributed by atoms with Gasteiger partial charge in [0.2, 0.25) is 5.88 Å². The second-order valence-electron chi connectivity index (χ2n) is 7.20. The molecule has 0 spiro atoms. The number of para-hydroxylation sites is 1. The summed E-state index contributed by atoms with van der Waals surface area (Å²) in [5, 5.41) is 0.381. The Morgan fingerprint density at radius 1 is 1.19 bits per heavy atom. The van der Waals surface area contributed by atoms with E-state index in [9.17, 15) is 9.59 Å². The molecule has 0 radical (unpaired) electrons. The zero-order valence-corrected chi connectivity index (χ0v) is 19.3. The van der Waals surface area contributed by atoms with Gasteiger partial charge in [-0.2, -0.15) is 4.98 Å². The van der Waals surface area contributed by atoms with Gasteiger partial charge >= 0.3 is 0 Å². The van der Waals surface area contributed by atoms with Gasteiger partial charge in [-0.1, -0.05) is 53.8 Å². The van der Waals surface area contributed by atoms with Gasteiger partial charge in [-0.15, -0.1) is 0 Å². The van der Waals surface area contributed by atoms with Crippen LogP contribution in [0.5, 0.6) is 11.6 Å². The van der Waals surface area contributed by atoms with Gasteiger partial charge in [-0.25, -0.2) is 0 Å². The topological polar surface area (TPSA) is 63.9 Å². The van der Waals surface area contributed by atoms with Crippen LogP contribution in [0.2, 0.25) is 5.02 Å². The molecular weight excluding hydrogens is 454 g/mol. The molecule has 2 aromatic heterocycles. The summed E-state index contributed by atoms with van der Waals surface area (Å²) in [5.41, 5.74) is 1.06. The van der Waals surface area contributed by atoms with Crippen molar-refractivity contribution in [2.75, 3.05) is 0 Å². The third kappa shape index (κ3) is 3.98. The molecule has 1 aliphatic heterocycles. The number of pyridine rings is 1. The number of nitrogens with zero attached hydrogens (tertiary/aromatic N) is 3. The second kappa shape index (κ2) is 8.45. The van der Waals surface area contributed by atoms with E-state index in [1.54, 1.807) is 36.5 Å². The number of rotatable bonds is 4. The number of benzene rings is 1. The molecule has 1 saturated heterocycles. The summed E-state index contributed by atoms with van der Waals surface area (Å²) < 4.78 is 7.85. The Bertz CT molecular complexity index is 1320. The summed E-state index contributed by atoms with van der Waals surface area (Å²) in [6, 6.07) is 10.5. The molecule has 1 amide bonds. The molecule has 3 aromatic rings. The molecule has 6 nitrogen and oxygen atoms in total. The summed E-state index contributed by atoms with van der Waals surface area (Å²) in [5.74, 6) is 0.183. The monoisotopic (exact) mass is 471 g/mol. The number of fused-ring (bicyclic) bond motifs is 1. The van der Waals surface area contributed by atoms with Crippen molar-refractivity contribution >= 4 is 57.5 Å². The normalized spacial score (nSPS) is 15.5. The highest BCUT2D eigenvalue weighted by molar-refractivity contribution is 8.26. The Morgan fingerprint density at radius 3 is 2.61 bits per heavy atom. The van der Waals surface area contributed by atoms with E-state index in [0.717, 1.165) is 17.3 Å². The SMILES string of the molecule is Cc1cccn2c(=O)c(C=C3SC(=S)N(C(C)C)C3=O)c(Oc3ccccc3Cl)nc12. The van der Waals surface area contributed by atoms with Crippen LogP contribution in [-0.2, 0) is 4.79 Å². The number of hydrogen-bond acceptors (Lipinski definition) is 6. The van der Waals surface area contributed by atoms with E-state index < -0.39 is 0 Å². The molecule has 3 heterocycles. The van der Waals surface area contributed by atoms with Crippen molar-refractivity contribution in [3.8, 4) is 11.6 Å². The maximum Gasteiger partial charge on any atom is 0.269 e. The Hall–Kier alpha value is -2.68. The van der Waals surface area contributed by atoms with Crippen molar-refractivity contribution < 1.29 is 9.53 Å². The van der Waals surface area contributed by atoms with Gasteiger partial charge in [-0.3, -0.25) is 18.9 Å². The predicted molar refractivity (Wildman–Crippen MR) is 128 cm³/mol. The lowest BCUT2D eigenvalue weighted by Gasteiger charge is -2.18. The fourth-order valence-electron chi connectivity index (χ4n) is 3.18. The maximum absolute atomic E-state index is 13.4. The van der Waals surface area contributed by atoms with Crippen LogP contribution >= 0.6 is 35.6 Å². The van der Waals surface area contributed by atoms with Crippen molar-refractivity contribution in [2.45, 2.75) is 26.8 Å². The first-order valence-electron chi connectivity index (χ1n) is 9.49. The van der Waals surface area contributed by atoms with Crippen LogP contribution in [0.15, 0.2) is 52.3 Å². The fourth-order valence-corrected chi connectivity index (χ4v) is 4.86. The minimum absolute atomic E-state index is 0.0715. The molecule has 1 aromatic carbocycles. The molecule has 31 heavy (non-hydrogen) atoms. The fraction of sp³-hybridized carbons (Fsp3) is 0.182. The van der Waals surface area contributed by atoms with Gasteiger partial charge < -0.3 is 4.74 Å². The van der Waals surface area contributed by atoms with Gasteiger partial charge in [0.1, 0.15) is 21.3 Å². The molecular formula is C22H18ClN3O3S2. The van der Waals surface area contributed by atoms with Gasteiger partial charge in [0.15, 0.2) is 0 Å². The highest BCUT2D eigenvalue weighted by Crippen LogP contribution is 2.36. The number of carbonyl (C=O) groups excluding carboxylic acids is 1. The van der Waals surface area contributed by atoms with Gasteiger partial charge in [0.25, 0.3) is 11.5 Å². The second-order valence-corrected chi connectivity index (χ2v) is 9.28. The van der Waals surface area contributed by atoms with E-state index in [1.807, 2.05) is 26.8 Å². The van der Waals surface area contributed by atoms with E-state index in [0.29, 0.717) is 25.6 Å². The molecule has 0 saturated carbocycles. The largest absolute Gasteiger partial charge is 0.437 e. The van der Waals surface area contributed by atoms with Crippen LogP contribution in [-0.4, -0.2) is 30.6 Å². The summed E-state index contributed by atoms with van der Waals surface area (Å²) in [6.07, 6.45) is 3.13. The smallest absolute Gasteiger partial charge is 0.269 e. The van der Waals surface area contributed by atoms with E-state index >= 15 is 0 Å². The number of amides is 1. The molecule has 1 fully saturated rings. The average molecular weight is 472 g/mol. The molecule has 0 atom stereocenters. The molecule has 158 valence electrons. The molecule has 0 bridgehead atoms. The molecule has 4 rings (SSSR count). The van der Waals surface area contributed by atoms with E-state index in [4.69, 9.17) is 28.6 Å². The lowest BCUT2D eigenvalue weighted by molar-refractivity contribution is -0.123. The van der Waals surface area contributed by atoms with Crippen molar-refractivity contribution in [1.29, 1.82) is 0 Å². The number of thioether (sulfide) groups is 1. The number of aromatic nitrogens is 2. The minimum atomic E-state index is -0.356. The van der Waals surface area contributed by atoms with Crippen LogP contribution in [0.1, 0.15) is 25.0 Å². The van der Waals surface area contributed by atoms with E-state index in [2.05, 4.69) is 4.98 Å². The number of ether oxygens (including phenoxy) is 1. The zero-order chi connectivity index (χ0) is 22.3.